The second kappa shape index (κ2) is 5.43. The van der Waals surface area contributed by atoms with Gasteiger partial charge in [0.1, 0.15) is 0 Å². The van der Waals surface area contributed by atoms with Gasteiger partial charge in [0.2, 0.25) is 0 Å². The van der Waals surface area contributed by atoms with Crippen molar-refractivity contribution < 1.29 is 0 Å². The number of fused-ring (bicyclic) bond motifs is 1. The quantitative estimate of drug-likeness (QED) is 0.662. The van der Waals surface area contributed by atoms with Gasteiger partial charge < -0.3 is 0 Å². The van der Waals surface area contributed by atoms with Crippen LogP contribution >= 0.6 is 27.3 Å². The number of hydrogen-bond donors (Lipinski definition) is 0. The first kappa shape index (κ1) is 12.8. The van der Waals surface area contributed by atoms with Crippen molar-refractivity contribution in [3.8, 4) is 0 Å². The summed E-state index contributed by atoms with van der Waals surface area (Å²) in [6, 6.07) is 8.48. The number of alkyl halides is 1. The van der Waals surface area contributed by atoms with Gasteiger partial charge in [-0.05, 0) is 28.8 Å². The summed E-state index contributed by atoms with van der Waals surface area (Å²) in [7, 11) is 0. The van der Waals surface area contributed by atoms with Crippen molar-refractivity contribution >= 4 is 37.4 Å². The summed E-state index contributed by atoms with van der Waals surface area (Å²) in [6.45, 7) is 2.91. The largest absolute Gasteiger partial charge is 0.248 e. The number of hydrogen-bond acceptors (Lipinski definition) is 3. The van der Waals surface area contributed by atoms with Gasteiger partial charge in [0.05, 0.1) is 17.1 Å². The van der Waals surface area contributed by atoms with Crippen LogP contribution < -0.4 is 0 Å². The molecule has 1 atom stereocenters. The van der Waals surface area contributed by atoms with Crippen molar-refractivity contribution in [3.05, 3.63) is 47.1 Å². The molecule has 3 nitrogen and oxygen atoms in total. The fourth-order valence-electron chi connectivity index (χ4n) is 2.07. The Morgan fingerprint density at radius 3 is 3.05 bits per heavy atom. The van der Waals surface area contributed by atoms with Gasteiger partial charge in [-0.2, -0.15) is 0 Å². The number of nitrogens with zero attached hydrogens (tertiary/aromatic N) is 3. The third-order valence-corrected chi connectivity index (χ3v) is 5.26. The summed E-state index contributed by atoms with van der Waals surface area (Å²) in [5.41, 5.74) is 2.31. The van der Waals surface area contributed by atoms with E-state index in [0.717, 1.165) is 18.7 Å². The maximum absolute atomic E-state index is 4.22. The first-order chi connectivity index (χ1) is 9.28. The van der Waals surface area contributed by atoms with E-state index in [0.29, 0.717) is 4.83 Å². The maximum Gasteiger partial charge on any atom is 0.0963 e. The monoisotopic (exact) mass is 335 g/mol. The molecule has 1 aromatic carbocycles. The highest BCUT2D eigenvalue weighted by atomic mass is 79.9. The number of rotatable bonds is 4. The summed E-state index contributed by atoms with van der Waals surface area (Å²) in [4.78, 5) is 0.292. The van der Waals surface area contributed by atoms with Crippen LogP contribution in [0.25, 0.3) is 10.1 Å². The lowest BCUT2D eigenvalue weighted by Crippen LogP contribution is -1.99. The number of aromatic nitrogens is 3. The summed E-state index contributed by atoms with van der Waals surface area (Å²) in [5.74, 6) is 0. The molecule has 0 spiro atoms. The molecule has 3 aromatic rings. The SMILES string of the molecule is CCC(Br)c1cn(Cc2csc3ccccc23)nn1. The highest BCUT2D eigenvalue weighted by molar-refractivity contribution is 9.09. The zero-order chi connectivity index (χ0) is 13.2. The lowest BCUT2D eigenvalue weighted by atomic mass is 10.2. The van der Waals surface area contributed by atoms with Crippen molar-refractivity contribution in [3.63, 3.8) is 0 Å². The Bertz CT molecular complexity index is 689. The minimum Gasteiger partial charge on any atom is -0.248 e. The molecule has 0 saturated heterocycles. The van der Waals surface area contributed by atoms with Crippen LogP contribution in [0.3, 0.4) is 0 Å². The molecule has 0 radical (unpaired) electrons. The molecule has 0 aliphatic heterocycles. The molecule has 3 rings (SSSR count). The van der Waals surface area contributed by atoms with E-state index in [1.807, 2.05) is 10.9 Å². The van der Waals surface area contributed by atoms with Crippen LogP contribution in [-0.2, 0) is 6.54 Å². The van der Waals surface area contributed by atoms with Crippen LogP contribution in [-0.4, -0.2) is 15.0 Å². The molecule has 5 heteroatoms. The van der Waals surface area contributed by atoms with E-state index in [2.05, 4.69) is 62.8 Å². The van der Waals surface area contributed by atoms with E-state index in [9.17, 15) is 0 Å². The van der Waals surface area contributed by atoms with E-state index in [-0.39, 0.29) is 0 Å². The summed E-state index contributed by atoms with van der Waals surface area (Å²) in [6.07, 6.45) is 3.04. The van der Waals surface area contributed by atoms with Crippen LogP contribution in [0.5, 0.6) is 0 Å². The Morgan fingerprint density at radius 2 is 2.21 bits per heavy atom. The van der Waals surface area contributed by atoms with Gasteiger partial charge in [-0.15, -0.1) is 16.4 Å². The highest BCUT2D eigenvalue weighted by Gasteiger charge is 2.10. The van der Waals surface area contributed by atoms with Crippen molar-refractivity contribution in [2.45, 2.75) is 24.7 Å². The second-order valence-electron chi connectivity index (χ2n) is 4.47. The molecular formula is C14H14BrN3S. The van der Waals surface area contributed by atoms with Gasteiger partial charge in [-0.1, -0.05) is 46.3 Å². The summed E-state index contributed by atoms with van der Waals surface area (Å²) < 4.78 is 3.23. The molecular weight excluding hydrogens is 322 g/mol. The molecule has 1 unspecified atom stereocenters. The molecule has 0 aliphatic rings. The Morgan fingerprint density at radius 1 is 1.37 bits per heavy atom. The Labute approximate surface area is 124 Å². The molecule has 98 valence electrons. The van der Waals surface area contributed by atoms with Crippen LogP contribution in [0.2, 0.25) is 0 Å². The van der Waals surface area contributed by atoms with Crippen molar-refractivity contribution in [1.82, 2.24) is 15.0 Å². The van der Waals surface area contributed by atoms with Gasteiger partial charge >= 0.3 is 0 Å². The van der Waals surface area contributed by atoms with E-state index < -0.39 is 0 Å². The molecule has 0 N–H and O–H groups in total. The first-order valence-corrected chi connectivity index (χ1v) is 8.06. The van der Waals surface area contributed by atoms with Crippen LogP contribution in [0, 0.1) is 0 Å². The fraction of sp³-hybridized carbons (Fsp3) is 0.286. The average molecular weight is 336 g/mol. The van der Waals surface area contributed by atoms with Gasteiger partial charge in [-0.3, -0.25) is 0 Å². The molecule has 0 aliphatic carbocycles. The van der Waals surface area contributed by atoms with E-state index >= 15 is 0 Å². The van der Waals surface area contributed by atoms with Gasteiger partial charge in [-0.25, -0.2) is 4.68 Å². The van der Waals surface area contributed by atoms with Gasteiger partial charge in [0, 0.05) is 10.9 Å². The standard InChI is InChI=1S/C14H14BrN3S/c1-2-12(15)13-8-18(17-16-13)7-10-9-19-14-6-4-3-5-11(10)14/h3-6,8-9,12H,2,7H2,1H3. The van der Waals surface area contributed by atoms with Crippen molar-refractivity contribution in [2.24, 2.45) is 0 Å². The van der Waals surface area contributed by atoms with Crippen LogP contribution in [0.15, 0.2) is 35.8 Å². The summed E-state index contributed by atoms with van der Waals surface area (Å²) in [5, 5.41) is 11.9. The Hall–Kier alpha value is -1.20. The van der Waals surface area contributed by atoms with Gasteiger partial charge in [0.25, 0.3) is 0 Å². The third-order valence-electron chi connectivity index (χ3n) is 3.13. The van der Waals surface area contributed by atoms with Gasteiger partial charge in [0.15, 0.2) is 0 Å². The van der Waals surface area contributed by atoms with Crippen molar-refractivity contribution in [2.75, 3.05) is 0 Å². The molecule has 0 amide bonds. The number of halogens is 1. The molecule has 19 heavy (non-hydrogen) atoms. The number of thiophene rings is 1. The molecule has 0 bridgehead atoms. The minimum absolute atomic E-state index is 0.292. The Kier molecular flexibility index (Phi) is 3.66. The zero-order valence-corrected chi connectivity index (χ0v) is 13.0. The molecule has 0 fully saturated rings. The molecule has 2 heterocycles. The predicted molar refractivity (Wildman–Crippen MR) is 82.9 cm³/mol. The summed E-state index contributed by atoms with van der Waals surface area (Å²) >= 11 is 5.38. The first-order valence-electron chi connectivity index (χ1n) is 6.27. The highest BCUT2D eigenvalue weighted by Crippen LogP contribution is 2.27. The normalized spacial score (nSPS) is 12.9. The lowest BCUT2D eigenvalue weighted by Gasteiger charge is -2.00. The maximum atomic E-state index is 4.22. The molecule has 0 saturated carbocycles. The topological polar surface area (TPSA) is 30.7 Å². The van der Waals surface area contributed by atoms with Crippen molar-refractivity contribution in [1.29, 1.82) is 0 Å². The van der Waals surface area contributed by atoms with Crippen LogP contribution in [0.1, 0.15) is 29.4 Å². The van der Waals surface area contributed by atoms with E-state index in [1.165, 1.54) is 15.6 Å². The minimum atomic E-state index is 0.292. The Balaban J connectivity index is 1.87. The smallest absolute Gasteiger partial charge is 0.0963 e. The average Bonchev–Trinajstić information content (AvgIpc) is 3.06. The fourth-order valence-corrected chi connectivity index (χ4v) is 3.24. The van der Waals surface area contributed by atoms with E-state index in [1.54, 1.807) is 11.3 Å². The van der Waals surface area contributed by atoms with E-state index in [4.69, 9.17) is 0 Å². The molecule has 2 aromatic heterocycles. The van der Waals surface area contributed by atoms with Crippen LogP contribution in [0.4, 0.5) is 0 Å². The number of benzene rings is 1. The zero-order valence-electron chi connectivity index (χ0n) is 10.6. The second-order valence-corrected chi connectivity index (χ2v) is 6.49. The lowest BCUT2D eigenvalue weighted by molar-refractivity contribution is 0.652. The third kappa shape index (κ3) is 2.58. The predicted octanol–water partition coefficient (Wildman–Crippen LogP) is 4.39.